The van der Waals surface area contributed by atoms with Crippen LogP contribution in [0.15, 0.2) is 0 Å². The van der Waals surface area contributed by atoms with E-state index in [1.54, 1.807) is 0 Å². The number of carbonyl (C=O) groups is 1. The van der Waals surface area contributed by atoms with Gasteiger partial charge in [-0.3, -0.25) is 4.90 Å². The summed E-state index contributed by atoms with van der Waals surface area (Å²) < 4.78 is 5.57. The van der Waals surface area contributed by atoms with Crippen molar-refractivity contribution < 1.29 is 14.6 Å². The third-order valence-corrected chi connectivity index (χ3v) is 4.18. The number of piperazine rings is 1. The lowest BCUT2D eigenvalue weighted by Gasteiger charge is -2.39. The maximum atomic E-state index is 10.8. The largest absolute Gasteiger partial charge is 0.479 e. The Morgan fingerprint density at radius 3 is 2.78 bits per heavy atom. The number of hydrogen-bond donors (Lipinski definition) is 1. The highest BCUT2D eigenvalue weighted by atomic mass is 16.5. The molecule has 0 saturated carbocycles. The lowest BCUT2D eigenvalue weighted by atomic mass is 10.1. The molecule has 18 heavy (non-hydrogen) atoms. The van der Waals surface area contributed by atoms with Gasteiger partial charge in [0.15, 0.2) is 6.10 Å². The van der Waals surface area contributed by atoms with E-state index in [1.165, 1.54) is 0 Å². The molecular weight excluding hydrogens is 232 g/mol. The van der Waals surface area contributed by atoms with Gasteiger partial charge in [0.25, 0.3) is 0 Å². The van der Waals surface area contributed by atoms with Gasteiger partial charge in [0.05, 0.1) is 6.10 Å². The van der Waals surface area contributed by atoms with Crippen LogP contribution in [0, 0.1) is 0 Å². The Kier molecular flexibility index (Phi) is 4.59. The molecule has 2 fully saturated rings. The van der Waals surface area contributed by atoms with Gasteiger partial charge in [-0.15, -0.1) is 0 Å². The predicted molar refractivity (Wildman–Crippen MR) is 68.7 cm³/mol. The van der Waals surface area contributed by atoms with E-state index in [2.05, 4.69) is 23.8 Å². The first-order valence-electron chi connectivity index (χ1n) is 6.91. The molecule has 2 aliphatic heterocycles. The summed E-state index contributed by atoms with van der Waals surface area (Å²) in [4.78, 5) is 15.7. The molecule has 2 heterocycles. The van der Waals surface area contributed by atoms with Crippen molar-refractivity contribution in [2.75, 3.05) is 33.2 Å². The van der Waals surface area contributed by atoms with Gasteiger partial charge >= 0.3 is 5.97 Å². The summed E-state index contributed by atoms with van der Waals surface area (Å²) in [5.41, 5.74) is 0. The highest BCUT2D eigenvalue weighted by Crippen LogP contribution is 2.22. The third-order valence-electron chi connectivity index (χ3n) is 4.18. The molecule has 2 rings (SSSR count). The van der Waals surface area contributed by atoms with E-state index in [-0.39, 0.29) is 6.10 Å². The van der Waals surface area contributed by atoms with Crippen LogP contribution in [0.25, 0.3) is 0 Å². The molecule has 0 aliphatic carbocycles. The van der Waals surface area contributed by atoms with Crippen LogP contribution in [0.1, 0.15) is 26.2 Å². The summed E-state index contributed by atoms with van der Waals surface area (Å²) in [5.74, 6) is -0.817. The zero-order valence-electron chi connectivity index (χ0n) is 11.3. The molecule has 2 saturated heterocycles. The molecule has 5 heteroatoms. The molecule has 0 aromatic rings. The van der Waals surface area contributed by atoms with Gasteiger partial charge in [-0.2, -0.15) is 0 Å². The minimum absolute atomic E-state index is 0.104. The summed E-state index contributed by atoms with van der Waals surface area (Å²) in [6, 6.07) is 0.621. The second-order valence-corrected chi connectivity index (χ2v) is 5.46. The number of aliphatic carboxylic acids is 1. The van der Waals surface area contributed by atoms with Crippen LogP contribution >= 0.6 is 0 Å². The highest BCUT2D eigenvalue weighted by molar-refractivity contribution is 5.72. The summed E-state index contributed by atoms with van der Waals surface area (Å²) in [5, 5.41) is 8.91. The Bertz CT molecular complexity index is 298. The second kappa shape index (κ2) is 5.99. The first-order chi connectivity index (χ1) is 8.60. The molecule has 3 unspecified atom stereocenters. The van der Waals surface area contributed by atoms with Crippen molar-refractivity contribution in [1.82, 2.24) is 9.80 Å². The standard InChI is InChI=1S/C13H24N2O3/c1-3-10-8-15(7-6-14(10)2)9-11-4-5-12(18-11)13(16)17/h10-12H,3-9H2,1-2H3,(H,16,17). The minimum Gasteiger partial charge on any atom is -0.479 e. The van der Waals surface area contributed by atoms with Gasteiger partial charge in [-0.05, 0) is 26.3 Å². The zero-order valence-corrected chi connectivity index (χ0v) is 11.3. The average Bonchev–Trinajstić information content (AvgIpc) is 2.80. The van der Waals surface area contributed by atoms with Gasteiger partial charge in [0.1, 0.15) is 0 Å². The van der Waals surface area contributed by atoms with Gasteiger partial charge in [0, 0.05) is 32.2 Å². The molecular formula is C13H24N2O3. The normalized spacial score (nSPS) is 34.9. The summed E-state index contributed by atoms with van der Waals surface area (Å²) >= 11 is 0. The molecule has 0 radical (unpaired) electrons. The number of nitrogens with zero attached hydrogens (tertiary/aromatic N) is 2. The van der Waals surface area contributed by atoms with E-state index >= 15 is 0 Å². The Labute approximate surface area is 109 Å². The first kappa shape index (κ1) is 13.8. The Hall–Kier alpha value is -0.650. The van der Waals surface area contributed by atoms with Gasteiger partial charge < -0.3 is 14.7 Å². The molecule has 0 aromatic carbocycles. The second-order valence-electron chi connectivity index (χ2n) is 5.46. The fourth-order valence-electron chi connectivity index (χ4n) is 2.93. The molecule has 2 aliphatic rings. The molecule has 0 spiro atoms. The molecule has 3 atom stereocenters. The van der Waals surface area contributed by atoms with Crippen molar-refractivity contribution in [2.45, 2.75) is 44.4 Å². The quantitative estimate of drug-likeness (QED) is 0.800. The Morgan fingerprint density at radius 2 is 2.17 bits per heavy atom. The smallest absolute Gasteiger partial charge is 0.332 e. The van der Waals surface area contributed by atoms with Crippen LogP contribution in [0.3, 0.4) is 0 Å². The predicted octanol–water partition coefficient (Wildman–Crippen LogP) is 0.645. The van der Waals surface area contributed by atoms with Gasteiger partial charge in [-0.1, -0.05) is 6.92 Å². The monoisotopic (exact) mass is 256 g/mol. The van der Waals surface area contributed by atoms with Gasteiger partial charge in [0.2, 0.25) is 0 Å². The highest BCUT2D eigenvalue weighted by Gasteiger charge is 2.32. The first-order valence-corrected chi connectivity index (χ1v) is 6.91. The molecule has 5 nitrogen and oxygen atoms in total. The van der Waals surface area contributed by atoms with E-state index in [4.69, 9.17) is 9.84 Å². The van der Waals surface area contributed by atoms with E-state index in [0.717, 1.165) is 39.0 Å². The summed E-state index contributed by atoms with van der Waals surface area (Å²) in [6.45, 7) is 6.33. The minimum atomic E-state index is -0.817. The van der Waals surface area contributed by atoms with E-state index in [1.807, 2.05) is 0 Å². The molecule has 1 N–H and O–H groups in total. The lowest BCUT2D eigenvalue weighted by Crippen LogP contribution is -2.52. The molecule has 0 aromatic heterocycles. The number of carboxylic acids is 1. The third kappa shape index (κ3) is 3.22. The average molecular weight is 256 g/mol. The topological polar surface area (TPSA) is 53.0 Å². The van der Waals surface area contributed by atoms with Gasteiger partial charge in [-0.25, -0.2) is 4.79 Å². The number of carboxylic acid groups (broad SMARTS) is 1. The van der Waals surface area contributed by atoms with Crippen LogP contribution in [0.4, 0.5) is 0 Å². The lowest BCUT2D eigenvalue weighted by molar-refractivity contribution is -0.149. The number of hydrogen-bond acceptors (Lipinski definition) is 4. The number of rotatable bonds is 4. The number of ether oxygens (including phenoxy) is 1. The zero-order chi connectivity index (χ0) is 13.1. The fourth-order valence-corrected chi connectivity index (χ4v) is 2.93. The van der Waals surface area contributed by atoms with Crippen molar-refractivity contribution in [3.63, 3.8) is 0 Å². The summed E-state index contributed by atoms with van der Waals surface area (Å²) in [6.07, 6.45) is 2.22. The van der Waals surface area contributed by atoms with E-state index < -0.39 is 12.1 Å². The maximum Gasteiger partial charge on any atom is 0.332 e. The van der Waals surface area contributed by atoms with E-state index in [0.29, 0.717) is 12.5 Å². The SMILES string of the molecule is CCC1CN(CC2CCC(C(=O)O)O2)CCN1C. The van der Waals surface area contributed by atoms with Crippen LogP contribution in [-0.2, 0) is 9.53 Å². The van der Waals surface area contributed by atoms with Crippen LogP contribution in [-0.4, -0.2) is 72.4 Å². The Balaban J connectivity index is 1.79. The Morgan fingerprint density at radius 1 is 1.39 bits per heavy atom. The van der Waals surface area contributed by atoms with Crippen molar-refractivity contribution >= 4 is 5.97 Å². The molecule has 0 bridgehead atoms. The van der Waals surface area contributed by atoms with Crippen molar-refractivity contribution in [2.24, 2.45) is 0 Å². The van der Waals surface area contributed by atoms with E-state index in [9.17, 15) is 4.79 Å². The molecule has 104 valence electrons. The van der Waals surface area contributed by atoms with Crippen molar-refractivity contribution in [3.05, 3.63) is 0 Å². The van der Waals surface area contributed by atoms with Crippen molar-refractivity contribution in [3.8, 4) is 0 Å². The molecule has 0 amide bonds. The fraction of sp³-hybridized carbons (Fsp3) is 0.923. The maximum absolute atomic E-state index is 10.8. The van der Waals surface area contributed by atoms with Crippen LogP contribution in [0.5, 0.6) is 0 Å². The number of likely N-dealkylation sites (N-methyl/N-ethyl adjacent to an activating group) is 1. The van der Waals surface area contributed by atoms with Crippen molar-refractivity contribution in [1.29, 1.82) is 0 Å². The van der Waals surface area contributed by atoms with Crippen LogP contribution < -0.4 is 0 Å². The van der Waals surface area contributed by atoms with Crippen LogP contribution in [0.2, 0.25) is 0 Å². The summed E-state index contributed by atoms with van der Waals surface area (Å²) in [7, 11) is 2.18.